The molecule has 0 spiro atoms. The number of hydrogen-bond donors (Lipinski definition) is 2. The molecule has 31 heavy (non-hydrogen) atoms. The van der Waals surface area contributed by atoms with E-state index in [1.807, 2.05) is 56.3 Å². The van der Waals surface area contributed by atoms with Crippen LogP contribution in [0.3, 0.4) is 0 Å². The van der Waals surface area contributed by atoms with Gasteiger partial charge in [0.2, 0.25) is 5.91 Å². The third-order valence-electron chi connectivity index (χ3n) is 5.86. The third-order valence-corrected chi connectivity index (χ3v) is 5.86. The van der Waals surface area contributed by atoms with Gasteiger partial charge in [0.15, 0.2) is 0 Å². The van der Waals surface area contributed by atoms with Crippen molar-refractivity contribution in [2.75, 3.05) is 18.0 Å². The molecule has 1 aliphatic heterocycles. The summed E-state index contributed by atoms with van der Waals surface area (Å²) in [6, 6.07) is 17.2. The van der Waals surface area contributed by atoms with Crippen molar-refractivity contribution in [1.82, 2.24) is 10.6 Å². The lowest BCUT2D eigenvalue weighted by molar-refractivity contribution is -0.124. The highest BCUT2D eigenvalue weighted by Crippen LogP contribution is 2.20. The summed E-state index contributed by atoms with van der Waals surface area (Å²) >= 11 is 0. The smallest absolute Gasteiger partial charge is 0.408 e. The van der Waals surface area contributed by atoms with Crippen molar-refractivity contribution in [2.45, 2.75) is 52.3 Å². The number of carbonyl (C=O) groups excluding carboxylic acids is 2. The van der Waals surface area contributed by atoms with Gasteiger partial charge in [-0.2, -0.15) is 0 Å². The van der Waals surface area contributed by atoms with Crippen LogP contribution in [0.15, 0.2) is 54.6 Å². The molecule has 0 unspecified atom stereocenters. The predicted molar refractivity (Wildman–Crippen MR) is 123 cm³/mol. The van der Waals surface area contributed by atoms with Gasteiger partial charge in [0, 0.05) is 25.3 Å². The topological polar surface area (TPSA) is 70.7 Å². The maximum Gasteiger partial charge on any atom is 0.408 e. The Morgan fingerprint density at radius 2 is 1.68 bits per heavy atom. The lowest BCUT2D eigenvalue weighted by Gasteiger charge is -2.23. The predicted octanol–water partition coefficient (Wildman–Crippen LogP) is 4.24. The summed E-state index contributed by atoms with van der Waals surface area (Å²) in [5, 5.41) is 5.70. The first-order valence-corrected chi connectivity index (χ1v) is 11.2. The monoisotopic (exact) mass is 423 g/mol. The number of carbonyl (C=O) groups is 2. The zero-order valence-corrected chi connectivity index (χ0v) is 18.5. The van der Waals surface area contributed by atoms with E-state index in [-0.39, 0.29) is 18.4 Å². The molecule has 2 aromatic carbocycles. The van der Waals surface area contributed by atoms with Crippen LogP contribution in [0.2, 0.25) is 0 Å². The molecule has 166 valence electrons. The van der Waals surface area contributed by atoms with E-state index in [4.69, 9.17) is 4.74 Å². The van der Waals surface area contributed by atoms with E-state index in [1.54, 1.807) is 0 Å². The van der Waals surface area contributed by atoms with Gasteiger partial charge in [-0.25, -0.2) is 4.79 Å². The van der Waals surface area contributed by atoms with Gasteiger partial charge in [-0.15, -0.1) is 0 Å². The minimum atomic E-state index is -0.642. The molecular formula is C25H33N3O3. The summed E-state index contributed by atoms with van der Waals surface area (Å²) in [7, 11) is 0. The van der Waals surface area contributed by atoms with Crippen LogP contribution in [0, 0.1) is 5.92 Å². The zero-order valence-electron chi connectivity index (χ0n) is 18.5. The van der Waals surface area contributed by atoms with Gasteiger partial charge in [-0.1, -0.05) is 62.7 Å². The van der Waals surface area contributed by atoms with E-state index in [0.29, 0.717) is 6.54 Å². The van der Waals surface area contributed by atoms with Crippen LogP contribution >= 0.6 is 0 Å². The fraction of sp³-hybridized carbons (Fsp3) is 0.440. The molecule has 2 aromatic rings. The van der Waals surface area contributed by atoms with Crippen LogP contribution < -0.4 is 15.5 Å². The first-order chi connectivity index (χ1) is 15.1. The molecule has 6 heteroatoms. The van der Waals surface area contributed by atoms with Crippen molar-refractivity contribution in [3.63, 3.8) is 0 Å². The molecule has 0 radical (unpaired) electrons. The summed E-state index contributed by atoms with van der Waals surface area (Å²) in [6.45, 7) is 6.76. The molecule has 2 atom stereocenters. The van der Waals surface area contributed by atoms with Crippen LogP contribution in [-0.2, 0) is 22.7 Å². The summed E-state index contributed by atoms with van der Waals surface area (Å²) in [6.07, 6.45) is 2.67. The Hall–Kier alpha value is -3.02. The van der Waals surface area contributed by atoms with Gasteiger partial charge < -0.3 is 20.3 Å². The second-order valence-corrected chi connectivity index (χ2v) is 8.15. The highest BCUT2D eigenvalue weighted by atomic mass is 16.5. The third kappa shape index (κ3) is 6.74. The number of ether oxygens (including phenoxy) is 1. The molecule has 3 rings (SSSR count). The van der Waals surface area contributed by atoms with Gasteiger partial charge in [-0.3, -0.25) is 4.79 Å². The molecule has 1 heterocycles. The van der Waals surface area contributed by atoms with E-state index in [0.717, 1.165) is 30.6 Å². The fourth-order valence-electron chi connectivity index (χ4n) is 3.69. The van der Waals surface area contributed by atoms with Gasteiger partial charge >= 0.3 is 6.09 Å². The van der Waals surface area contributed by atoms with Crippen LogP contribution in [0.25, 0.3) is 0 Å². The van der Waals surface area contributed by atoms with Crippen molar-refractivity contribution in [2.24, 2.45) is 5.92 Å². The number of alkyl carbamates (subject to hydrolysis) is 1. The lowest BCUT2D eigenvalue weighted by atomic mass is 9.98. The van der Waals surface area contributed by atoms with E-state index < -0.39 is 12.1 Å². The van der Waals surface area contributed by atoms with Crippen molar-refractivity contribution >= 4 is 17.7 Å². The highest BCUT2D eigenvalue weighted by molar-refractivity contribution is 5.85. The first kappa shape index (κ1) is 22.7. The van der Waals surface area contributed by atoms with Crippen molar-refractivity contribution in [3.05, 3.63) is 65.7 Å². The number of anilines is 1. The van der Waals surface area contributed by atoms with E-state index >= 15 is 0 Å². The van der Waals surface area contributed by atoms with Gasteiger partial charge in [0.1, 0.15) is 12.6 Å². The molecule has 2 amide bonds. The van der Waals surface area contributed by atoms with Crippen molar-refractivity contribution in [1.29, 1.82) is 0 Å². The molecule has 0 saturated carbocycles. The minimum absolute atomic E-state index is 0.0122. The Kier molecular flexibility index (Phi) is 8.33. The number of amides is 2. The fourth-order valence-corrected chi connectivity index (χ4v) is 3.69. The van der Waals surface area contributed by atoms with Crippen LogP contribution in [0.4, 0.5) is 10.5 Å². The molecule has 2 N–H and O–H groups in total. The van der Waals surface area contributed by atoms with Gasteiger partial charge in [0.25, 0.3) is 0 Å². The second-order valence-electron chi connectivity index (χ2n) is 8.15. The number of nitrogens with zero attached hydrogens (tertiary/aromatic N) is 1. The van der Waals surface area contributed by atoms with Crippen molar-refractivity contribution < 1.29 is 14.3 Å². The standard InChI is InChI=1S/C25H33N3O3/c1-3-19(2)23(27-25(30)31-18-21-9-5-4-6-10-21)24(29)26-17-20-11-13-22(14-12-20)28-15-7-8-16-28/h4-6,9-14,19,23H,3,7-8,15-18H2,1-2H3,(H,26,29)(H,27,30)/t19-,23-/m0/s1. The molecule has 0 aliphatic carbocycles. The highest BCUT2D eigenvalue weighted by Gasteiger charge is 2.26. The normalized spacial score (nSPS) is 15.2. The van der Waals surface area contributed by atoms with E-state index in [2.05, 4.69) is 27.7 Å². The maximum absolute atomic E-state index is 12.8. The largest absolute Gasteiger partial charge is 0.445 e. The zero-order chi connectivity index (χ0) is 22.1. The van der Waals surface area contributed by atoms with Gasteiger partial charge in [-0.05, 0) is 42.0 Å². The van der Waals surface area contributed by atoms with Gasteiger partial charge in [0.05, 0.1) is 0 Å². The Bertz CT molecular complexity index is 833. The quantitative estimate of drug-likeness (QED) is 0.633. The summed E-state index contributed by atoms with van der Waals surface area (Å²) in [5.74, 6) is -0.212. The lowest BCUT2D eigenvalue weighted by Crippen LogP contribution is -2.50. The molecular weight excluding hydrogens is 390 g/mol. The molecule has 0 aromatic heterocycles. The summed E-state index contributed by atoms with van der Waals surface area (Å²) in [5.41, 5.74) is 3.17. The van der Waals surface area contributed by atoms with Crippen molar-refractivity contribution in [3.8, 4) is 0 Å². The first-order valence-electron chi connectivity index (χ1n) is 11.2. The Morgan fingerprint density at radius 3 is 2.32 bits per heavy atom. The average molecular weight is 424 g/mol. The van der Waals surface area contributed by atoms with Crippen LogP contribution in [0.5, 0.6) is 0 Å². The number of rotatable bonds is 9. The number of nitrogens with one attached hydrogen (secondary N) is 2. The maximum atomic E-state index is 12.8. The van der Waals surface area contributed by atoms with Crippen LogP contribution in [0.1, 0.15) is 44.2 Å². The SMILES string of the molecule is CC[C@H](C)[C@H](NC(=O)OCc1ccccc1)C(=O)NCc1ccc(N2CCCC2)cc1. The minimum Gasteiger partial charge on any atom is -0.445 e. The van der Waals surface area contributed by atoms with E-state index in [9.17, 15) is 9.59 Å². The molecule has 0 bridgehead atoms. The Morgan fingerprint density at radius 1 is 1.00 bits per heavy atom. The summed E-state index contributed by atoms with van der Waals surface area (Å²) < 4.78 is 5.29. The molecule has 1 fully saturated rings. The average Bonchev–Trinajstić information content (AvgIpc) is 3.35. The van der Waals surface area contributed by atoms with Crippen LogP contribution in [-0.4, -0.2) is 31.1 Å². The Labute approximate surface area is 185 Å². The number of hydrogen-bond acceptors (Lipinski definition) is 4. The molecule has 1 aliphatic rings. The van der Waals surface area contributed by atoms with E-state index in [1.165, 1.54) is 18.5 Å². The Balaban J connectivity index is 1.51. The molecule has 6 nitrogen and oxygen atoms in total. The molecule has 1 saturated heterocycles. The summed E-state index contributed by atoms with van der Waals surface area (Å²) in [4.78, 5) is 27.5. The second kappa shape index (κ2) is 11.4. The number of benzene rings is 2.